The molecule has 0 saturated carbocycles. The third-order valence-electron chi connectivity index (χ3n) is 4.18. The maximum atomic E-state index is 11.5. The van der Waals surface area contributed by atoms with Gasteiger partial charge in [-0.25, -0.2) is 4.79 Å². The van der Waals surface area contributed by atoms with Gasteiger partial charge >= 0.3 is 5.69 Å². The van der Waals surface area contributed by atoms with Crippen LogP contribution in [-0.4, -0.2) is 20.7 Å². The molecule has 0 spiro atoms. The summed E-state index contributed by atoms with van der Waals surface area (Å²) in [5, 5.41) is 0. The molecule has 0 aliphatic rings. The number of Topliss-reactive ketones (excluding diaryl/α,β-unsaturated/α-hetero) is 1. The minimum Gasteiger partial charge on any atom is -0.306 e. The van der Waals surface area contributed by atoms with Gasteiger partial charge in [-0.05, 0) is 36.8 Å². The highest BCUT2D eigenvalue weighted by atomic mass is 16.1. The fourth-order valence-electron chi connectivity index (χ4n) is 2.85. The van der Waals surface area contributed by atoms with Crippen molar-refractivity contribution in [2.24, 2.45) is 0 Å². The van der Waals surface area contributed by atoms with Crippen LogP contribution in [0.4, 0.5) is 0 Å². The molecule has 0 aliphatic carbocycles. The van der Waals surface area contributed by atoms with Gasteiger partial charge in [-0.2, -0.15) is 0 Å². The molecule has 0 saturated heterocycles. The molecule has 0 bridgehead atoms. The number of aromatic amines is 2. The molecule has 2 aromatic carbocycles. The number of imidazole rings is 1. The zero-order chi connectivity index (χ0) is 17.4. The number of carbonyl (C=O) groups is 1. The third kappa shape index (κ3) is 2.87. The molecule has 0 radical (unpaired) electrons. The Morgan fingerprint density at radius 1 is 0.880 bits per heavy atom. The molecular formula is C20H15N3O2. The number of rotatable bonds is 3. The first-order valence-electron chi connectivity index (χ1n) is 7.90. The quantitative estimate of drug-likeness (QED) is 0.561. The van der Waals surface area contributed by atoms with Gasteiger partial charge in [0.1, 0.15) is 0 Å². The number of pyridine rings is 1. The molecule has 0 unspecified atom stereocenters. The Bertz CT molecular complexity index is 1140. The minimum atomic E-state index is -0.217. The molecular weight excluding hydrogens is 314 g/mol. The van der Waals surface area contributed by atoms with Gasteiger partial charge in [-0.15, -0.1) is 0 Å². The van der Waals surface area contributed by atoms with Gasteiger partial charge < -0.3 is 9.97 Å². The maximum Gasteiger partial charge on any atom is 0.323 e. The second-order valence-corrected chi connectivity index (χ2v) is 5.91. The smallest absolute Gasteiger partial charge is 0.306 e. The van der Waals surface area contributed by atoms with Crippen LogP contribution in [0.25, 0.3) is 33.4 Å². The summed E-state index contributed by atoms with van der Waals surface area (Å²) in [5.41, 5.74) is 5.64. The molecule has 5 nitrogen and oxygen atoms in total. The van der Waals surface area contributed by atoms with E-state index in [2.05, 4.69) is 15.0 Å². The van der Waals surface area contributed by atoms with Crippen molar-refractivity contribution in [1.29, 1.82) is 0 Å². The first-order chi connectivity index (χ1) is 12.1. The van der Waals surface area contributed by atoms with E-state index in [1.807, 2.05) is 48.5 Å². The van der Waals surface area contributed by atoms with Gasteiger partial charge in [0.15, 0.2) is 5.78 Å². The van der Waals surface area contributed by atoms with Crippen LogP contribution in [0.2, 0.25) is 0 Å². The van der Waals surface area contributed by atoms with E-state index in [1.54, 1.807) is 19.2 Å². The Labute approximate surface area is 143 Å². The summed E-state index contributed by atoms with van der Waals surface area (Å²) in [6.45, 7) is 1.55. The van der Waals surface area contributed by atoms with Crippen molar-refractivity contribution in [2.45, 2.75) is 6.92 Å². The summed E-state index contributed by atoms with van der Waals surface area (Å²) >= 11 is 0. The normalized spacial score (nSPS) is 10.9. The second kappa shape index (κ2) is 5.87. The fourth-order valence-corrected chi connectivity index (χ4v) is 2.85. The predicted octanol–water partition coefficient (Wildman–Crippen LogP) is 3.79. The summed E-state index contributed by atoms with van der Waals surface area (Å²) in [6.07, 6.45) is 1.79. The van der Waals surface area contributed by atoms with Crippen LogP contribution in [0.3, 0.4) is 0 Å². The average molecular weight is 329 g/mol. The largest absolute Gasteiger partial charge is 0.323 e. The van der Waals surface area contributed by atoms with Crippen molar-refractivity contribution in [3.8, 4) is 22.4 Å². The summed E-state index contributed by atoms with van der Waals surface area (Å²) < 4.78 is 0. The van der Waals surface area contributed by atoms with Gasteiger partial charge in [-0.1, -0.05) is 30.3 Å². The van der Waals surface area contributed by atoms with Crippen LogP contribution in [0, 0.1) is 0 Å². The molecule has 2 N–H and O–H groups in total. The van der Waals surface area contributed by atoms with Crippen molar-refractivity contribution >= 4 is 16.8 Å². The molecule has 5 heteroatoms. The number of nitrogens with zero attached hydrogens (tertiary/aromatic N) is 1. The molecule has 2 heterocycles. The van der Waals surface area contributed by atoms with Gasteiger partial charge in [0.05, 0.1) is 16.7 Å². The Balaban J connectivity index is 1.70. The van der Waals surface area contributed by atoms with E-state index in [-0.39, 0.29) is 11.5 Å². The van der Waals surface area contributed by atoms with Gasteiger partial charge in [0.2, 0.25) is 0 Å². The van der Waals surface area contributed by atoms with Crippen molar-refractivity contribution < 1.29 is 4.79 Å². The van der Waals surface area contributed by atoms with E-state index >= 15 is 0 Å². The fraction of sp³-hybridized carbons (Fsp3) is 0.0500. The van der Waals surface area contributed by atoms with Crippen LogP contribution in [0.1, 0.15) is 17.3 Å². The maximum absolute atomic E-state index is 11.5. The topological polar surface area (TPSA) is 78.6 Å². The lowest BCUT2D eigenvalue weighted by Crippen LogP contribution is -1.99. The van der Waals surface area contributed by atoms with E-state index in [1.165, 1.54) is 0 Å². The molecule has 0 fully saturated rings. The van der Waals surface area contributed by atoms with Gasteiger partial charge in [-0.3, -0.25) is 9.78 Å². The van der Waals surface area contributed by atoms with Crippen LogP contribution in [0.15, 0.2) is 65.6 Å². The van der Waals surface area contributed by atoms with Crippen molar-refractivity contribution in [2.75, 3.05) is 0 Å². The molecule has 0 atom stereocenters. The lowest BCUT2D eigenvalue weighted by molar-refractivity contribution is 0.101. The zero-order valence-corrected chi connectivity index (χ0v) is 13.5. The Morgan fingerprint density at radius 3 is 2.44 bits per heavy atom. The Hall–Kier alpha value is -3.47. The average Bonchev–Trinajstić information content (AvgIpc) is 3.01. The summed E-state index contributed by atoms with van der Waals surface area (Å²) in [7, 11) is 0. The van der Waals surface area contributed by atoms with E-state index < -0.39 is 0 Å². The van der Waals surface area contributed by atoms with E-state index in [9.17, 15) is 9.59 Å². The lowest BCUT2D eigenvalue weighted by atomic mass is 10.0. The van der Waals surface area contributed by atoms with Crippen LogP contribution in [0.5, 0.6) is 0 Å². The molecule has 2 aromatic heterocycles. The number of hydrogen-bond acceptors (Lipinski definition) is 3. The number of hydrogen-bond donors (Lipinski definition) is 2. The summed E-state index contributed by atoms with van der Waals surface area (Å²) in [5.74, 6) is 0.0345. The molecule has 0 amide bonds. The highest BCUT2D eigenvalue weighted by molar-refractivity contribution is 5.95. The van der Waals surface area contributed by atoms with Crippen LogP contribution < -0.4 is 5.69 Å². The Morgan fingerprint density at radius 2 is 1.68 bits per heavy atom. The van der Waals surface area contributed by atoms with Gasteiger partial charge in [0.25, 0.3) is 0 Å². The lowest BCUT2D eigenvalue weighted by Gasteiger charge is -2.05. The number of fused-ring (bicyclic) bond motifs is 1. The number of aromatic nitrogens is 3. The summed E-state index contributed by atoms with van der Waals surface area (Å²) in [4.78, 5) is 32.9. The number of ketones is 1. The SMILES string of the molecule is CC(=O)c1cccc(-c2ccc(-c3ccc4[nH]c(=O)[nH]c4c3)cn2)c1. The standard InChI is InChI=1S/C20H15N3O2/c1-12(24)13-3-2-4-15(9-13)17-7-6-16(11-21-17)14-5-8-18-19(10-14)23-20(25)22-18/h2-11H,1H3,(H2,22,23,25). The number of nitrogens with one attached hydrogen (secondary N) is 2. The van der Waals surface area contributed by atoms with Crippen molar-refractivity contribution in [3.05, 3.63) is 76.8 Å². The zero-order valence-electron chi connectivity index (χ0n) is 13.5. The van der Waals surface area contributed by atoms with Crippen molar-refractivity contribution in [3.63, 3.8) is 0 Å². The first-order valence-corrected chi connectivity index (χ1v) is 7.90. The van der Waals surface area contributed by atoms with Crippen LogP contribution >= 0.6 is 0 Å². The van der Waals surface area contributed by atoms with E-state index in [0.717, 1.165) is 33.4 Å². The molecule has 4 aromatic rings. The van der Waals surface area contributed by atoms with E-state index in [0.29, 0.717) is 5.56 Å². The third-order valence-corrected chi connectivity index (χ3v) is 4.18. The predicted molar refractivity (Wildman–Crippen MR) is 97.6 cm³/mol. The highest BCUT2D eigenvalue weighted by Gasteiger charge is 2.06. The van der Waals surface area contributed by atoms with Crippen molar-refractivity contribution in [1.82, 2.24) is 15.0 Å². The summed E-state index contributed by atoms with van der Waals surface area (Å²) in [6, 6.07) is 17.1. The second-order valence-electron chi connectivity index (χ2n) is 5.91. The Kier molecular flexibility index (Phi) is 3.54. The van der Waals surface area contributed by atoms with Crippen LogP contribution in [-0.2, 0) is 0 Å². The van der Waals surface area contributed by atoms with E-state index in [4.69, 9.17) is 0 Å². The number of H-pyrrole nitrogens is 2. The molecule has 122 valence electrons. The number of carbonyl (C=O) groups excluding carboxylic acids is 1. The monoisotopic (exact) mass is 329 g/mol. The first kappa shape index (κ1) is 15.1. The highest BCUT2D eigenvalue weighted by Crippen LogP contribution is 2.25. The molecule has 0 aliphatic heterocycles. The molecule has 4 rings (SSSR count). The molecule has 25 heavy (non-hydrogen) atoms. The van der Waals surface area contributed by atoms with Gasteiger partial charge in [0, 0.05) is 22.9 Å². The number of benzene rings is 2. The minimum absolute atomic E-state index is 0.0345.